The van der Waals surface area contributed by atoms with E-state index in [2.05, 4.69) is 19.2 Å². The van der Waals surface area contributed by atoms with Gasteiger partial charge in [0.15, 0.2) is 12.6 Å². The highest BCUT2D eigenvalue weighted by Crippen LogP contribution is 2.30. The number of aliphatic hydroxyl groups is 8. The van der Waals surface area contributed by atoms with E-state index in [-0.39, 0.29) is 18.9 Å². The fraction of sp³-hybridized carbons (Fsp3) is 0.951. The minimum atomic E-state index is -1.78. The zero-order chi connectivity index (χ0) is 54.6. The van der Waals surface area contributed by atoms with Crippen molar-refractivity contribution < 1.29 is 64.6 Å². The second-order valence-corrected chi connectivity index (χ2v) is 22.6. The molecule has 1 amide bonds. The molecule has 0 saturated carbocycles. The molecule has 0 aromatic heterocycles. The van der Waals surface area contributed by atoms with Gasteiger partial charge in [-0.3, -0.25) is 4.79 Å². The molecule has 2 saturated heterocycles. The van der Waals surface area contributed by atoms with Crippen molar-refractivity contribution in [3.8, 4) is 0 Å². The van der Waals surface area contributed by atoms with Gasteiger partial charge in [-0.2, -0.15) is 0 Å². The summed E-state index contributed by atoms with van der Waals surface area (Å²) in [6.07, 6.45) is 39.5. The van der Waals surface area contributed by atoms with Gasteiger partial charge in [-0.15, -0.1) is 0 Å². The Kier molecular flexibility index (Phi) is 44.3. The molecule has 2 rings (SSSR count). The summed E-state index contributed by atoms with van der Waals surface area (Å²) in [4.78, 5) is 13.1. The number of carbonyl (C=O) groups excluding carboxylic acids is 1. The summed E-state index contributed by atoms with van der Waals surface area (Å²) in [6, 6.07) is -0.906. The molecule has 9 N–H and O–H groups in total. The van der Waals surface area contributed by atoms with E-state index in [9.17, 15) is 45.6 Å². The second-order valence-electron chi connectivity index (χ2n) is 22.6. The maximum absolute atomic E-state index is 13.1. The van der Waals surface area contributed by atoms with Crippen LogP contribution in [-0.4, -0.2) is 140 Å². The monoisotopic (exact) mass is 1070 g/mol. The minimum absolute atomic E-state index is 0.241. The van der Waals surface area contributed by atoms with Crippen molar-refractivity contribution >= 4 is 5.91 Å². The molecule has 0 radical (unpaired) electrons. The van der Waals surface area contributed by atoms with Crippen LogP contribution in [0, 0.1) is 0 Å². The first-order chi connectivity index (χ1) is 36.6. The predicted molar refractivity (Wildman–Crippen MR) is 300 cm³/mol. The van der Waals surface area contributed by atoms with Crippen LogP contribution < -0.4 is 5.32 Å². The molecule has 2 aliphatic heterocycles. The lowest BCUT2D eigenvalue weighted by Gasteiger charge is -2.46. The Morgan fingerprint density at radius 1 is 0.467 bits per heavy atom. The number of hydrogen-bond acceptors (Lipinski definition) is 13. The average Bonchev–Trinajstić information content (AvgIpc) is 3.41. The fourth-order valence-corrected chi connectivity index (χ4v) is 10.6. The van der Waals surface area contributed by atoms with Crippen molar-refractivity contribution in [1.29, 1.82) is 0 Å². The third kappa shape index (κ3) is 33.2. The Morgan fingerprint density at radius 3 is 1.23 bits per heavy atom. The lowest BCUT2D eigenvalue weighted by atomic mass is 9.97. The molecule has 0 aromatic carbocycles. The number of aliphatic hydroxyl groups excluding tert-OH is 8. The Morgan fingerprint density at radius 2 is 0.827 bits per heavy atom. The Bertz CT molecular complexity index is 1310. The maximum atomic E-state index is 13.1. The lowest BCUT2D eigenvalue weighted by Crippen LogP contribution is -2.65. The third-order valence-electron chi connectivity index (χ3n) is 15.7. The van der Waals surface area contributed by atoms with Crippen LogP contribution in [0.4, 0.5) is 0 Å². The summed E-state index contributed by atoms with van der Waals surface area (Å²) in [5, 5.41) is 86.4. The van der Waals surface area contributed by atoms with E-state index in [1.807, 2.05) is 6.08 Å². The molecule has 12 unspecified atom stereocenters. The molecular formula is C61H117NO13. The number of hydrogen-bond donors (Lipinski definition) is 9. The molecule has 14 heteroatoms. The lowest BCUT2D eigenvalue weighted by molar-refractivity contribution is -0.359. The highest BCUT2D eigenvalue weighted by molar-refractivity contribution is 5.76. The first-order valence-corrected chi connectivity index (χ1v) is 31.4. The summed E-state index contributed by atoms with van der Waals surface area (Å²) in [5.74, 6) is -0.241. The van der Waals surface area contributed by atoms with Gasteiger partial charge in [0.2, 0.25) is 5.91 Å². The van der Waals surface area contributed by atoms with Crippen molar-refractivity contribution in [2.45, 2.75) is 351 Å². The van der Waals surface area contributed by atoms with Gasteiger partial charge in [-0.05, 0) is 19.3 Å². The summed E-state index contributed by atoms with van der Waals surface area (Å²) < 4.78 is 22.6. The summed E-state index contributed by atoms with van der Waals surface area (Å²) in [5.41, 5.74) is 0. The van der Waals surface area contributed by atoms with Gasteiger partial charge in [0.05, 0.1) is 32.0 Å². The third-order valence-corrected chi connectivity index (χ3v) is 15.7. The molecule has 444 valence electrons. The highest BCUT2D eigenvalue weighted by atomic mass is 16.7. The van der Waals surface area contributed by atoms with Crippen LogP contribution in [0.1, 0.15) is 277 Å². The van der Waals surface area contributed by atoms with Crippen LogP contribution in [0.15, 0.2) is 12.2 Å². The Hall–Kier alpha value is -1.27. The van der Waals surface area contributed by atoms with Gasteiger partial charge in [-0.25, -0.2) is 0 Å². The summed E-state index contributed by atoms with van der Waals surface area (Å²) in [7, 11) is 0. The molecule has 2 fully saturated rings. The van der Waals surface area contributed by atoms with E-state index < -0.39 is 86.8 Å². The van der Waals surface area contributed by atoms with E-state index in [0.717, 1.165) is 44.9 Å². The first kappa shape index (κ1) is 69.8. The molecule has 0 spiro atoms. The topological polar surface area (TPSA) is 228 Å². The molecule has 75 heavy (non-hydrogen) atoms. The standard InChI is InChI=1S/C61H117NO13/c1-3-5-7-9-10-11-12-13-14-15-16-17-18-19-20-21-22-23-24-25-26-27-28-29-30-31-32-33-34-35-36-37-38-39-41-43-45-53(66)62-49(50(65)44-42-40-8-6-4-2)48-72-60-58(71)56(69)59(52(47-64)74-60)75-61-57(70)55(68)54(67)51(46-63)73-61/h42,44,49-52,54-61,63-65,67-71H,3-41,43,45-48H2,1-2H3,(H,62,66)/b44-42+. The molecule has 0 aliphatic carbocycles. The van der Waals surface area contributed by atoms with Crippen molar-refractivity contribution in [1.82, 2.24) is 5.32 Å². The van der Waals surface area contributed by atoms with Crippen LogP contribution in [0.2, 0.25) is 0 Å². The van der Waals surface area contributed by atoms with Gasteiger partial charge >= 0.3 is 0 Å². The van der Waals surface area contributed by atoms with Gasteiger partial charge in [0.1, 0.15) is 48.8 Å². The van der Waals surface area contributed by atoms with E-state index >= 15 is 0 Å². The average molecular weight is 1070 g/mol. The van der Waals surface area contributed by atoms with Gasteiger partial charge in [0, 0.05) is 6.42 Å². The largest absolute Gasteiger partial charge is 0.394 e. The minimum Gasteiger partial charge on any atom is -0.394 e. The molecule has 2 aliphatic rings. The van der Waals surface area contributed by atoms with Crippen molar-refractivity contribution in [2.24, 2.45) is 0 Å². The van der Waals surface area contributed by atoms with Crippen LogP contribution in [0.3, 0.4) is 0 Å². The summed E-state index contributed by atoms with van der Waals surface area (Å²) in [6.45, 7) is 2.70. The zero-order valence-electron chi connectivity index (χ0n) is 47.8. The summed E-state index contributed by atoms with van der Waals surface area (Å²) >= 11 is 0. The Balaban J connectivity index is 1.48. The van der Waals surface area contributed by atoms with Gasteiger partial charge < -0.3 is 65.1 Å². The predicted octanol–water partition coefficient (Wildman–Crippen LogP) is 11.1. The van der Waals surface area contributed by atoms with Crippen LogP contribution in [-0.2, 0) is 23.7 Å². The van der Waals surface area contributed by atoms with E-state index in [1.54, 1.807) is 6.08 Å². The number of nitrogens with one attached hydrogen (secondary N) is 1. The fourth-order valence-electron chi connectivity index (χ4n) is 10.6. The molecule has 12 atom stereocenters. The van der Waals surface area contributed by atoms with Crippen molar-refractivity contribution in [2.75, 3.05) is 19.8 Å². The number of allylic oxidation sites excluding steroid dienone is 1. The number of unbranched alkanes of at least 4 members (excludes halogenated alkanes) is 38. The van der Waals surface area contributed by atoms with Crippen LogP contribution in [0.5, 0.6) is 0 Å². The Labute approximate surface area is 456 Å². The molecular weight excluding hydrogens is 955 g/mol. The maximum Gasteiger partial charge on any atom is 0.220 e. The zero-order valence-corrected chi connectivity index (χ0v) is 47.8. The second kappa shape index (κ2) is 47.5. The van der Waals surface area contributed by atoms with E-state index in [0.29, 0.717) is 6.42 Å². The van der Waals surface area contributed by atoms with Gasteiger partial charge in [0.25, 0.3) is 0 Å². The molecule has 0 bridgehead atoms. The van der Waals surface area contributed by atoms with E-state index in [4.69, 9.17) is 18.9 Å². The van der Waals surface area contributed by atoms with Gasteiger partial charge in [-0.1, -0.05) is 264 Å². The number of ether oxygens (including phenoxy) is 4. The molecule has 14 nitrogen and oxygen atoms in total. The number of rotatable bonds is 51. The van der Waals surface area contributed by atoms with Crippen LogP contribution in [0.25, 0.3) is 0 Å². The van der Waals surface area contributed by atoms with Crippen molar-refractivity contribution in [3.63, 3.8) is 0 Å². The molecule has 2 heterocycles. The molecule has 0 aromatic rings. The normalized spacial score (nSPS) is 25.0. The SMILES string of the molecule is CCCCC/C=C/C(O)C(COC1OC(CO)C(OC2OC(CO)C(O)C(O)C2O)C(O)C1O)NC(=O)CCCCCCCCCCCCCCCCCCCCCCCCCCCCCCCCCCCCCC. The van der Waals surface area contributed by atoms with E-state index in [1.165, 1.54) is 205 Å². The number of amides is 1. The quantitative estimate of drug-likeness (QED) is 0.0204. The first-order valence-electron chi connectivity index (χ1n) is 31.4. The highest BCUT2D eigenvalue weighted by Gasteiger charge is 2.51. The van der Waals surface area contributed by atoms with Crippen LogP contribution >= 0.6 is 0 Å². The smallest absolute Gasteiger partial charge is 0.220 e. The van der Waals surface area contributed by atoms with Crippen molar-refractivity contribution in [3.05, 3.63) is 12.2 Å². The number of carbonyl (C=O) groups is 1.